The van der Waals surface area contributed by atoms with Gasteiger partial charge in [0.15, 0.2) is 0 Å². The largest absolute Gasteiger partial charge is 0.379 e. The molecule has 1 heterocycles. The topological polar surface area (TPSA) is 9.23 Å². The first kappa shape index (κ1) is 10.9. The van der Waals surface area contributed by atoms with Gasteiger partial charge in [0.1, 0.15) is 0 Å². The third-order valence-electron chi connectivity index (χ3n) is 2.09. The Morgan fingerprint density at radius 3 is 2.67 bits per heavy atom. The Labute approximate surface area is 102 Å². The summed E-state index contributed by atoms with van der Waals surface area (Å²) in [6.45, 7) is 0.665. The van der Waals surface area contributed by atoms with Crippen LogP contribution in [0.2, 0.25) is 0 Å². The molecule has 0 aliphatic rings. The average Bonchev–Trinajstić information content (AvgIpc) is 2.63. The fourth-order valence-corrected chi connectivity index (χ4v) is 3.15. The molecule has 0 fully saturated rings. The fourth-order valence-electron chi connectivity index (χ4n) is 1.38. The van der Waals surface area contributed by atoms with Gasteiger partial charge in [-0.3, -0.25) is 0 Å². The van der Waals surface area contributed by atoms with Crippen LogP contribution in [0.4, 0.5) is 0 Å². The van der Waals surface area contributed by atoms with Crippen LogP contribution in [-0.4, -0.2) is 7.11 Å². The molecule has 0 N–H and O–H groups in total. The molecule has 1 nitrogen and oxygen atoms in total. The summed E-state index contributed by atoms with van der Waals surface area (Å²) in [4.78, 5) is 2.51. The molecule has 1 aromatic heterocycles. The summed E-state index contributed by atoms with van der Waals surface area (Å²) in [5, 5.41) is 0. The van der Waals surface area contributed by atoms with E-state index in [1.54, 1.807) is 18.4 Å². The van der Waals surface area contributed by atoms with Gasteiger partial charge >= 0.3 is 0 Å². The van der Waals surface area contributed by atoms with Gasteiger partial charge in [0.05, 0.1) is 6.61 Å². The zero-order chi connectivity index (χ0) is 10.7. The Hall–Kier alpha value is -0.640. The lowest BCUT2D eigenvalue weighted by atomic mass is 10.2. The van der Waals surface area contributed by atoms with Crippen LogP contribution in [0, 0.1) is 0 Å². The summed E-state index contributed by atoms with van der Waals surface area (Å²) in [6, 6.07) is 12.5. The Kier molecular flexibility index (Phi) is 3.57. The van der Waals surface area contributed by atoms with Crippen molar-refractivity contribution in [3.63, 3.8) is 0 Å². The van der Waals surface area contributed by atoms with Crippen molar-refractivity contribution in [2.75, 3.05) is 7.11 Å². The molecule has 0 radical (unpaired) electrons. The van der Waals surface area contributed by atoms with Gasteiger partial charge in [-0.25, -0.2) is 0 Å². The maximum absolute atomic E-state index is 5.14. The highest BCUT2D eigenvalue weighted by Crippen LogP contribution is 2.34. The Bertz CT molecular complexity index is 436. The molecule has 0 unspecified atom stereocenters. The summed E-state index contributed by atoms with van der Waals surface area (Å²) in [5.41, 5.74) is 1.26. The van der Waals surface area contributed by atoms with Gasteiger partial charge in [-0.15, -0.1) is 11.3 Å². The van der Waals surface area contributed by atoms with E-state index in [9.17, 15) is 0 Å². The Balaban J connectivity index is 2.34. The minimum Gasteiger partial charge on any atom is -0.379 e. The van der Waals surface area contributed by atoms with Crippen LogP contribution in [0.25, 0.3) is 10.4 Å². The van der Waals surface area contributed by atoms with E-state index in [0.717, 1.165) is 4.47 Å². The number of ether oxygens (including phenoxy) is 1. The molecule has 0 amide bonds. The van der Waals surface area contributed by atoms with E-state index in [0.29, 0.717) is 6.61 Å². The first-order valence-electron chi connectivity index (χ1n) is 4.64. The number of hydrogen-bond donors (Lipinski definition) is 0. The first-order chi connectivity index (χ1) is 7.31. The molecular weight excluding hydrogens is 272 g/mol. The highest BCUT2D eigenvalue weighted by atomic mass is 79.9. The second kappa shape index (κ2) is 4.92. The van der Waals surface area contributed by atoms with E-state index in [1.807, 2.05) is 6.07 Å². The molecule has 3 heteroatoms. The average molecular weight is 283 g/mol. The molecule has 0 saturated heterocycles. The molecule has 0 aliphatic carbocycles. The molecule has 0 aliphatic heterocycles. The number of methoxy groups -OCH3 is 1. The predicted molar refractivity (Wildman–Crippen MR) is 68.2 cm³/mol. The second-order valence-electron chi connectivity index (χ2n) is 3.18. The molecule has 1 aromatic carbocycles. The minimum atomic E-state index is 0.665. The van der Waals surface area contributed by atoms with Crippen molar-refractivity contribution in [1.82, 2.24) is 0 Å². The first-order valence-corrected chi connectivity index (χ1v) is 6.25. The summed E-state index contributed by atoms with van der Waals surface area (Å²) >= 11 is 5.31. The Morgan fingerprint density at radius 1 is 1.27 bits per heavy atom. The van der Waals surface area contributed by atoms with Crippen LogP contribution in [0.5, 0.6) is 0 Å². The van der Waals surface area contributed by atoms with Gasteiger partial charge < -0.3 is 4.74 Å². The SMILES string of the molecule is COCc1sc(-c2ccccc2)cc1Br. The van der Waals surface area contributed by atoms with Crippen LogP contribution in [0.15, 0.2) is 40.9 Å². The van der Waals surface area contributed by atoms with E-state index in [1.165, 1.54) is 15.3 Å². The normalized spacial score (nSPS) is 10.5. The molecule has 0 spiro atoms. The smallest absolute Gasteiger partial charge is 0.0817 e. The molecule has 0 bridgehead atoms. The van der Waals surface area contributed by atoms with E-state index < -0.39 is 0 Å². The lowest BCUT2D eigenvalue weighted by Gasteiger charge is -1.95. The van der Waals surface area contributed by atoms with Crippen molar-refractivity contribution in [2.45, 2.75) is 6.61 Å². The number of halogens is 1. The molecule has 0 atom stereocenters. The van der Waals surface area contributed by atoms with Crippen LogP contribution < -0.4 is 0 Å². The van der Waals surface area contributed by atoms with Crippen LogP contribution in [0.1, 0.15) is 4.88 Å². The van der Waals surface area contributed by atoms with Gasteiger partial charge in [0.2, 0.25) is 0 Å². The highest BCUT2D eigenvalue weighted by Gasteiger charge is 2.07. The molecule has 2 rings (SSSR count). The number of thiophene rings is 1. The molecule has 2 aromatic rings. The molecular formula is C12H11BrOS. The lowest BCUT2D eigenvalue weighted by molar-refractivity contribution is 0.187. The van der Waals surface area contributed by atoms with Gasteiger partial charge in [0.25, 0.3) is 0 Å². The summed E-state index contributed by atoms with van der Waals surface area (Å²) in [7, 11) is 1.72. The summed E-state index contributed by atoms with van der Waals surface area (Å²) in [5.74, 6) is 0. The van der Waals surface area contributed by atoms with E-state index >= 15 is 0 Å². The minimum absolute atomic E-state index is 0.665. The van der Waals surface area contributed by atoms with Crippen molar-refractivity contribution in [2.24, 2.45) is 0 Å². The summed E-state index contributed by atoms with van der Waals surface area (Å²) < 4.78 is 6.27. The van der Waals surface area contributed by atoms with E-state index in [-0.39, 0.29) is 0 Å². The quantitative estimate of drug-likeness (QED) is 0.815. The van der Waals surface area contributed by atoms with Crippen LogP contribution >= 0.6 is 27.3 Å². The third kappa shape index (κ3) is 2.48. The predicted octanol–water partition coefficient (Wildman–Crippen LogP) is 4.32. The van der Waals surface area contributed by atoms with Crippen molar-refractivity contribution in [3.05, 3.63) is 45.7 Å². The molecule has 0 saturated carbocycles. The van der Waals surface area contributed by atoms with E-state index in [2.05, 4.69) is 46.3 Å². The molecule has 15 heavy (non-hydrogen) atoms. The second-order valence-corrected chi connectivity index (χ2v) is 5.17. The standard InChI is InChI=1S/C12H11BrOS/c1-14-8-12-10(13)7-11(15-12)9-5-3-2-4-6-9/h2-7H,8H2,1H3. The highest BCUT2D eigenvalue weighted by molar-refractivity contribution is 9.10. The number of benzene rings is 1. The maximum atomic E-state index is 5.14. The Morgan fingerprint density at radius 2 is 2.00 bits per heavy atom. The molecule has 78 valence electrons. The van der Waals surface area contributed by atoms with Crippen LogP contribution in [0.3, 0.4) is 0 Å². The lowest BCUT2D eigenvalue weighted by Crippen LogP contribution is -1.81. The monoisotopic (exact) mass is 282 g/mol. The van der Waals surface area contributed by atoms with Gasteiger partial charge in [-0.1, -0.05) is 30.3 Å². The maximum Gasteiger partial charge on any atom is 0.0817 e. The van der Waals surface area contributed by atoms with Crippen molar-refractivity contribution in [3.8, 4) is 10.4 Å². The van der Waals surface area contributed by atoms with Crippen LogP contribution in [-0.2, 0) is 11.3 Å². The summed E-state index contributed by atoms with van der Waals surface area (Å²) in [6.07, 6.45) is 0. The number of hydrogen-bond acceptors (Lipinski definition) is 2. The third-order valence-corrected chi connectivity index (χ3v) is 4.22. The van der Waals surface area contributed by atoms with Gasteiger partial charge in [-0.2, -0.15) is 0 Å². The zero-order valence-electron chi connectivity index (χ0n) is 8.37. The van der Waals surface area contributed by atoms with E-state index in [4.69, 9.17) is 4.74 Å². The van der Waals surface area contributed by atoms with Gasteiger partial charge in [-0.05, 0) is 27.6 Å². The van der Waals surface area contributed by atoms with Crippen molar-refractivity contribution >= 4 is 27.3 Å². The van der Waals surface area contributed by atoms with Crippen molar-refractivity contribution < 1.29 is 4.74 Å². The van der Waals surface area contributed by atoms with Crippen molar-refractivity contribution in [1.29, 1.82) is 0 Å². The number of rotatable bonds is 3. The van der Waals surface area contributed by atoms with Gasteiger partial charge in [0, 0.05) is 21.3 Å². The zero-order valence-corrected chi connectivity index (χ0v) is 10.8. The fraction of sp³-hybridized carbons (Fsp3) is 0.167.